The van der Waals surface area contributed by atoms with E-state index in [4.69, 9.17) is 6.57 Å². The fraction of sp³-hybridized carbons (Fsp3) is 0.333. The van der Waals surface area contributed by atoms with E-state index in [1.54, 1.807) is 0 Å². The topological polar surface area (TPSA) is 33.5 Å². The predicted octanol–water partition coefficient (Wildman–Crippen LogP) is 2.12. The van der Waals surface area contributed by atoms with E-state index in [2.05, 4.69) is 26.1 Å². The molecule has 1 saturated carbocycles. The average molecular weight is 277 g/mol. The lowest BCUT2D eigenvalue weighted by Crippen LogP contribution is -2.40. The van der Waals surface area contributed by atoms with E-state index in [-0.39, 0.29) is 17.4 Å². The molecule has 1 aliphatic heterocycles. The quantitative estimate of drug-likeness (QED) is 0.724. The first-order chi connectivity index (χ1) is 7.67. The van der Waals surface area contributed by atoms with Crippen molar-refractivity contribution in [1.29, 1.82) is 0 Å². The monoisotopic (exact) mass is 276 g/mol. The summed E-state index contributed by atoms with van der Waals surface area (Å²) in [6.07, 6.45) is 0.861. The molecule has 4 heteroatoms. The number of benzene rings is 1. The maximum Gasteiger partial charge on any atom is 0.251 e. The van der Waals surface area contributed by atoms with E-state index in [9.17, 15) is 4.79 Å². The molecule has 0 saturated heterocycles. The van der Waals surface area contributed by atoms with Crippen molar-refractivity contribution in [2.45, 2.75) is 17.9 Å². The maximum atomic E-state index is 11.7. The molecule has 0 radical (unpaired) electrons. The molecule has 3 rings (SSSR count). The predicted molar refractivity (Wildman–Crippen MR) is 63.2 cm³/mol. The molecular formula is C12H9BrN2O. The lowest BCUT2D eigenvalue weighted by molar-refractivity contribution is 0.0937. The van der Waals surface area contributed by atoms with Crippen LogP contribution in [-0.4, -0.2) is 18.5 Å². The Morgan fingerprint density at radius 1 is 1.56 bits per heavy atom. The van der Waals surface area contributed by atoms with Gasteiger partial charge in [0.2, 0.25) is 6.04 Å². The van der Waals surface area contributed by atoms with Crippen LogP contribution in [0.25, 0.3) is 4.85 Å². The van der Waals surface area contributed by atoms with Crippen LogP contribution in [0.15, 0.2) is 22.7 Å². The minimum atomic E-state index is -0.116. The minimum absolute atomic E-state index is 0.0243. The van der Waals surface area contributed by atoms with Gasteiger partial charge in [-0.15, -0.1) is 0 Å². The van der Waals surface area contributed by atoms with Gasteiger partial charge in [-0.2, -0.15) is 0 Å². The van der Waals surface area contributed by atoms with Crippen LogP contribution in [-0.2, 0) is 5.41 Å². The summed E-state index contributed by atoms with van der Waals surface area (Å²) >= 11 is 3.42. The molecule has 2 aliphatic rings. The van der Waals surface area contributed by atoms with Crippen LogP contribution >= 0.6 is 15.9 Å². The Bertz CT molecular complexity index is 534. The smallest absolute Gasteiger partial charge is 0.251 e. The molecule has 1 amide bonds. The summed E-state index contributed by atoms with van der Waals surface area (Å²) in [7, 11) is 0. The standard InChI is InChI=1S/C12H9BrN2O/c1-14-10-5-12(10)6-15-11(16)8-3-2-7(13)4-9(8)12/h2-4,10H,5-6H2,(H,15,16)/t10-,12-/m0/s1. The van der Waals surface area contributed by atoms with Gasteiger partial charge in [0.25, 0.3) is 5.91 Å². The second kappa shape index (κ2) is 3.08. The number of hydrogen-bond donors (Lipinski definition) is 1. The van der Waals surface area contributed by atoms with Gasteiger partial charge in [0.05, 0.1) is 5.41 Å². The Hall–Kier alpha value is -1.34. The van der Waals surface area contributed by atoms with Gasteiger partial charge in [-0.25, -0.2) is 6.57 Å². The third-order valence-corrected chi connectivity index (χ3v) is 4.01. The maximum absolute atomic E-state index is 11.7. The highest BCUT2D eigenvalue weighted by atomic mass is 79.9. The summed E-state index contributed by atoms with van der Waals surface area (Å²) in [6, 6.07) is 5.71. The Kier molecular flexibility index (Phi) is 1.90. The number of halogens is 1. The van der Waals surface area contributed by atoms with E-state index >= 15 is 0 Å². The largest absolute Gasteiger partial charge is 0.351 e. The van der Waals surface area contributed by atoms with E-state index in [0.717, 1.165) is 22.0 Å². The number of nitrogens with zero attached hydrogens (tertiary/aromatic N) is 1. The number of hydrogen-bond acceptors (Lipinski definition) is 1. The lowest BCUT2D eigenvalue weighted by atomic mass is 9.87. The zero-order chi connectivity index (χ0) is 11.3. The van der Waals surface area contributed by atoms with E-state index in [0.29, 0.717) is 6.54 Å². The van der Waals surface area contributed by atoms with Crippen molar-refractivity contribution in [1.82, 2.24) is 5.32 Å². The zero-order valence-electron chi connectivity index (χ0n) is 8.46. The van der Waals surface area contributed by atoms with Crippen LogP contribution in [0.5, 0.6) is 0 Å². The van der Waals surface area contributed by atoms with Gasteiger partial charge < -0.3 is 10.2 Å². The van der Waals surface area contributed by atoms with Crippen LogP contribution in [0.2, 0.25) is 0 Å². The van der Waals surface area contributed by atoms with Crippen molar-refractivity contribution >= 4 is 21.8 Å². The highest BCUT2D eigenvalue weighted by Gasteiger charge is 2.64. The summed E-state index contributed by atoms with van der Waals surface area (Å²) in [5, 5.41) is 2.88. The Labute approximate surface area is 102 Å². The second-order valence-electron chi connectivity index (χ2n) is 4.38. The lowest BCUT2D eigenvalue weighted by Gasteiger charge is -2.24. The summed E-state index contributed by atoms with van der Waals surface area (Å²) in [5.74, 6) is -0.0243. The number of carbonyl (C=O) groups excluding carboxylic acids is 1. The minimum Gasteiger partial charge on any atom is -0.351 e. The van der Waals surface area contributed by atoms with E-state index in [1.807, 2.05) is 18.2 Å². The van der Waals surface area contributed by atoms with Gasteiger partial charge in [-0.1, -0.05) is 15.9 Å². The van der Waals surface area contributed by atoms with Gasteiger partial charge in [0.1, 0.15) is 0 Å². The van der Waals surface area contributed by atoms with Crippen molar-refractivity contribution < 1.29 is 4.79 Å². The van der Waals surface area contributed by atoms with E-state index < -0.39 is 0 Å². The molecule has 1 aromatic rings. The Morgan fingerprint density at radius 2 is 2.38 bits per heavy atom. The van der Waals surface area contributed by atoms with Crippen LogP contribution in [0.1, 0.15) is 22.3 Å². The highest BCUT2D eigenvalue weighted by Crippen LogP contribution is 2.53. The molecule has 0 bridgehead atoms. The number of fused-ring (bicyclic) bond motifs is 2. The number of amides is 1. The third kappa shape index (κ3) is 1.15. The van der Waals surface area contributed by atoms with Crippen LogP contribution in [0.3, 0.4) is 0 Å². The van der Waals surface area contributed by atoms with Gasteiger partial charge in [-0.3, -0.25) is 4.79 Å². The normalized spacial score (nSPS) is 30.5. The van der Waals surface area contributed by atoms with Gasteiger partial charge in [-0.05, 0) is 23.8 Å². The molecule has 1 aliphatic carbocycles. The van der Waals surface area contributed by atoms with Gasteiger partial charge >= 0.3 is 0 Å². The molecular weight excluding hydrogens is 268 g/mol. The van der Waals surface area contributed by atoms with Gasteiger partial charge in [0, 0.05) is 23.0 Å². The fourth-order valence-electron chi connectivity index (χ4n) is 2.49. The van der Waals surface area contributed by atoms with Crippen molar-refractivity contribution in [2.24, 2.45) is 0 Å². The van der Waals surface area contributed by atoms with Crippen molar-refractivity contribution in [3.05, 3.63) is 45.2 Å². The summed E-state index contributed by atoms with van der Waals surface area (Å²) in [4.78, 5) is 15.3. The van der Waals surface area contributed by atoms with Crippen molar-refractivity contribution in [3.63, 3.8) is 0 Å². The average Bonchev–Trinajstić information content (AvgIpc) is 2.99. The summed E-state index contributed by atoms with van der Waals surface area (Å²) < 4.78 is 0.968. The molecule has 80 valence electrons. The first kappa shape index (κ1) is 9.86. The SMILES string of the molecule is [C-]#[N+][C@H]1C[C@@]12CNC(=O)c1ccc(Br)cc12. The third-order valence-electron chi connectivity index (χ3n) is 3.52. The Morgan fingerprint density at radius 3 is 3.06 bits per heavy atom. The van der Waals surface area contributed by atoms with Crippen molar-refractivity contribution in [3.8, 4) is 0 Å². The first-order valence-corrected chi connectivity index (χ1v) is 5.91. The number of nitrogens with one attached hydrogen (secondary N) is 1. The molecule has 16 heavy (non-hydrogen) atoms. The molecule has 2 atom stereocenters. The highest BCUT2D eigenvalue weighted by molar-refractivity contribution is 9.10. The molecule has 0 aromatic heterocycles. The fourth-order valence-corrected chi connectivity index (χ4v) is 2.85. The number of carbonyl (C=O) groups is 1. The molecule has 1 N–H and O–H groups in total. The van der Waals surface area contributed by atoms with E-state index in [1.165, 1.54) is 0 Å². The summed E-state index contributed by atoms with van der Waals surface area (Å²) in [5.41, 5.74) is 1.64. The molecule has 1 spiro atoms. The van der Waals surface area contributed by atoms with Crippen molar-refractivity contribution in [2.75, 3.05) is 6.54 Å². The molecule has 0 unspecified atom stereocenters. The first-order valence-electron chi connectivity index (χ1n) is 5.12. The molecule has 1 fully saturated rings. The molecule has 1 heterocycles. The van der Waals surface area contributed by atoms with Crippen LogP contribution in [0.4, 0.5) is 0 Å². The van der Waals surface area contributed by atoms with Crippen LogP contribution < -0.4 is 5.32 Å². The Balaban J connectivity index is 2.18. The summed E-state index contributed by atoms with van der Waals surface area (Å²) in [6.45, 7) is 7.73. The zero-order valence-corrected chi connectivity index (χ0v) is 10.0. The van der Waals surface area contributed by atoms with Crippen LogP contribution in [0, 0.1) is 6.57 Å². The number of rotatable bonds is 0. The molecule has 1 aromatic carbocycles. The molecule has 3 nitrogen and oxygen atoms in total. The second-order valence-corrected chi connectivity index (χ2v) is 5.29. The van der Waals surface area contributed by atoms with Gasteiger partial charge in [0.15, 0.2) is 0 Å².